The number of nitrogen functional groups attached to an aromatic ring is 1. The molecule has 1 aromatic rings. The number of nitrogens with one attached hydrogen (secondary N) is 1. The molecule has 0 saturated heterocycles. The first-order valence-corrected chi connectivity index (χ1v) is 5.75. The molecule has 0 aromatic heterocycles. The van der Waals surface area contributed by atoms with Crippen LogP contribution in [-0.2, 0) is 4.79 Å². The van der Waals surface area contributed by atoms with Gasteiger partial charge in [0.25, 0.3) is 0 Å². The first kappa shape index (κ1) is 11.0. The van der Waals surface area contributed by atoms with Crippen LogP contribution in [-0.4, -0.2) is 5.91 Å². The van der Waals surface area contributed by atoms with Crippen LogP contribution in [0.25, 0.3) is 0 Å². The molecular formula is C13H18N2O. The summed E-state index contributed by atoms with van der Waals surface area (Å²) in [5.74, 6) is 0.757. The van der Waals surface area contributed by atoms with Crippen LogP contribution in [0.4, 0.5) is 11.4 Å². The lowest BCUT2D eigenvalue weighted by molar-refractivity contribution is -0.119. The average Bonchev–Trinajstić information content (AvgIpc) is 3.06. The van der Waals surface area contributed by atoms with E-state index in [0.29, 0.717) is 11.6 Å². The van der Waals surface area contributed by atoms with Crippen LogP contribution in [0.2, 0.25) is 0 Å². The molecule has 1 saturated carbocycles. The van der Waals surface area contributed by atoms with Crippen molar-refractivity contribution < 1.29 is 4.79 Å². The van der Waals surface area contributed by atoms with E-state index in [2.05, 4.69) is 5.32 Å². The van der Waals surface area contributed by atoms with E-state index in [1.165, 1.54) is 12.8 Å². The second-order valence-corrected chi connectivity index (χ2v) is 4.65. The first-order chi connectivity index (χ1) is 7.59. The van der Waals surface area contributed by atoms with E-state index in [1.54, 1.807) is 0 Å². The van der Waals surface area contributed by atoms with Crippen molar-refractivity contribution in [1.82, 2.24) is 0 Å². The van der Waals surface area contributed by atoms with Crippen LogP contribution >= 0.6 is 0 Å². The summed E-state index contributed by atoms with van der Waals surface area (Å²) in [5, 5.41) is 2.94. The molecule has 3 heteroatoms. The predicted octanol–water partition coefficient (Wildman–Crippen LogP) is 2.56. The lowest BCUT2D eigenvalue weighted by atomic mass is 10.0. The number of rotatable bonds is 3. The molecular weight excluding hydrogens is 200 g/mol. The Kier molecular flexibility index (Phi) is 2.86. The van der Waals surface area contributed by atoms with Crippen LogP contribution in [0.15, 0.2) is 18.2 Å². The molecule has 0 spiro atoms. The third kappa shape index (κ3) is 2.18. The lowest BCUT2D eigenvalue weighted by Crippen LogP contribution is -2.22. The molecule has 0 aliphatic heterocycles. The van der Waals surface area contributed by atoms with Gasteiger partial charge >= 0.3 is 0 Å². The van der Waals surface area contributed by atoms with E-state index >= 15 is 0 Å². The van der Waals surface area contributed by atoms with Crippen LogP contribution < -0.4 is 11.1 Å². The van der Waals surface area contributed by atoms with Gasteiger partial charge in [0.2, 0.25) is 5.91 Å². The molecule has 1 aliphatic rings. The SMILES string of the molecule is Cc1cccc(N)c1NC(=O)C(C)C1CC1. The van der Waals surface area contributed by atoms with Gasteiger partial charge in [-0.3, -0.25) is 4.79 Å². The molecule has 16 heavy (non-hydrogen) atoms. The highest BCUT2D eigenvalue weighted by Gasteiger charge is 2.32. The molecule has 86 valence electrons. The molecule has 3 nitrogen and oxygen atoms in total. The third-order valence-electron chi connectivity index (χ3n) is 3.30. The van der Waals surface area contributed by atoms with Gasteiger partial charge in [-0.25, -0.2) is 0 Å². The first-order valence-electron chi connectivity index (χ1n) is 5.75. The van der Waals surface area contributed by atoms with Crippen LogP contribution in [0.1, 0.15) is 25.3 Å². The van der Waals surface area contributed by atoms with Crippen molar-refractivity contribution in [2.75, 3.05) is 11.1 Å². The summed E-state index contributed by atoms with van der Waals surface area (Å²) in [6.07, 6.45) is 2.36. The number of nitrogens with two attached hydrogens (primary N) is 1. The third-order valence-corrected chi connectivity index (χ3v) is 3.30. The molecule has 1 amide bonds. The fourth-order valence-corrected chi connectivity index (χ4v) is 1.91. The summed E-state index contributed by atoms with van der Waals surface area (Å²) in [4.78, 5) is 11.9. The molecule has 3 N–H and O–H groups in total. The topological polar surface area (TPSA) is 55.1 Å². The Balaban J connectivity index is 2.10. The second kappa shape index (κ2) is 4.16. The number of amides is 1. The molecule has 2 rings (SSSR count). The maximum Gasteiger partial charge on any atom is 0.227 e. The van der Waals surface area contributed by atoms with Gasteiger partial charge in [-0.1, -0.05) is 19.1 Å². The summed E-state index contributed by atoms with van der Waals surface area (Å²) >= 11 is 0. The Morgan fingerprint density at radius 3 is 2.75 bits per heavy atom. The van der Waals surface area contributed by atoms with E-state index in [1.807, 2.05) is 32.0 Å². The standard InChI is InChI=1S/C13H18N2O/c1-8-4-3-5-11(14)12(8)15-13(16)9(2)10-6-7-10/h3-5,9-10H,6-7,14H2,1-2H3,(H,15,16). The van der Waals surface area contributed by atoms with Gasteiger partial charge in [0, 0.05) is 5.92 Å². The molecule has 0 heterocycles. The summed E-state index contributed by atoms with van der Waals surface area (Å²) in [7, 11) is 0. The molecule has 1 atom stereocenters. The minimum atomic E-state index is 0.0866. The van der Waals surface area contributed by atoms with Crippen LogP contribution in [0, 0.1) is 18.8 Å². The number of aryl methyl sites for hydroxylation is 1. The van der Waals surface area contributed by atoms with Crippen molar-refractivity contribution in [3.05, 3.63) is 23.8 Å². The number of anilines is 2. The Morgan fingerprint density at radius 2 is 2.19 bits per heavy atom. The normalized spacial score (nSPS) is 16.9. The van der Waals surface area contributed by atoms with Crippen LogP contribution in [0.3, 0.4) is 0 Å². The van der Waals surface area contributed by atoms with Gasteiger partial charge in [-0.2, -0.15) is 0 Å². The van der Waals surface area contributed by atoms with Gasteiger partial charge in [-0.05, 0) is 37.3 Å². The van der Waals surface area contributed by atoms with Gasteiger partial charge < -0.3 is 11.1 Å². The van der Waals surface area contributed by atoms with E-state index in [9.17, 15) is 4.79 Å². The summed E-state index contributed by atoms with van der Waals surface area (Å²) in [5.41, 5.74) is 8.26. The summed E-state index contributed by atoms with van der Waals surface area (Å²) < 4.78 is 0. The Hall–Kier alpha value is -1.51. The minimum Gasteiger partial charge on any atom is -0.397 e. The van der Waals surface area contributed by atoms with E-state index in [4.69, 9.17) is 5.73 Å². The zero-order valence-electron chi connectivity index (χ0n) is 9.79. The highest BCUT2D eigenvalue weighted by Crippen LogP contribution is 2.37. The summed E-state index contributed by atoms with van der Waals surface area (Å²) in [6, 6.07) is 5.66. The number of hydrogen-bond acceptors (Lipinski definition) is 2. The van der Waals surface area contributed by atoms with Crippen molar-refractivity contribution in [2.45, 2.75) is 26.7 Å². The number of benzene rings is 1. The maximum atomic E-state index is 11.9. The largest absolute Gasteiger partial charge is 0.397 e. The molecule has 0 bridgehead atoms. The van der Waals surface area contributed by atoms with Crippen molar-refractivity contribution in [2.24, 2.45) is 11.8 Å². The fraction of sp³-hybridized carbons (Fsp3) is 0.462. The average molecular weight is 218 g/mol. The van der Waals surface area contributed by atoms with Crippen molar-refractivity contribution in [1.29, 1.82) is 0 Å². The Morgan fingerprint density at radius 1 is 1.50 bits per heavy atom. The second-order valence-electron chi connectivity index (χ2n) is 4.65. The number of hydrogen-bond donors (Lipinski definition) is 2. The van der Waals surface area contributed by atoms with Gasteiger partial charge in [0.15, 0.2) is 0 Å². The fourth-order valence-electron chi connectivity index (χ4n) is 1.91. The van der Waals surface area contributed by atoms with Crippen molar-refractivity contribution in [3.8, 4) is 0 Å². The van der Waals surface area contributed by atoms with Gasteiger partial charge in [0.05, 0.1) is 11.4 Å². The van der Waals surface area contributed by atoms with Crippen LogP contribution in [0.5, 0.6) is 0 Å². The smallest absolute Gasteiger partial charge is 0.227 e. The van der Waals surface area contributed by atoms with Crippen molar-refractivity contribution >= 4 is 17.3 Å². The molecule has 1 unspecified atom stereocenters. The number of carbonyl (C=O) groups is 1. The van der Waals surface area contributed by atoms with Gasteiger partial charge in [0.1, 0.15) is 0 Å². The molecule has 1 fully saturated rings. The predicted molar refractivity (Wildman–Crippen MR) is 66.1 cm³/mol. The van der Waals surface area contributed by atoms with E-state index in [-0.39, 0.29) is 11.8 Å². The Labute approximate surface area is 96.0 Å². The zero-order chi connectivity index (χ0) is 11.7. The van der Waals surface area contributed by atoms with Crippen molar-refractivity contribution in [3.63, 3.8) is 0 Å². The highest BCUT2D eigenvalue weighted by atomic mass is 16.1. The van der Waals surface area contributed by atoms with Gasteiger partial charge in [-0.15, -0.1) is 0 Å². The quantitative estimate of drug-likeness (QED) is 0.766. The zero-order valence-corrected chi connectivity index (χ0v) is 9.79. The lowest BCUT2D eigenvalue weighted by Gasteiger charge is -2.14. The molecule has 1 aliphatic carbocycles. The number of carbonyl (C=O) groups excluding carboxylic acids is 1. The van der Waals surface area contributed by atoms with E-state index in [0.717, 1.165) is 11.3 Å². The highest BCUT2D eigenvalue weighted by molar-refractivity contribution is 5.96. The Bertz CT molecular complexity index is 390. The molecule has 1 aromatic carbocycles. The van der Waals surface area contributed by atoms with E-state index < -0.39 is 0 Å². The summed E-state index contributed by atoms with van der Waals surface area (Å²) in [6.45, 7) is 3.94. The minimum absolute atomic E-state index is 0.0866. The molecule has 0 radical (unpaired) electrons. The number of para-hydroxylation sites is 1. The monoisotopic (exact) mass is 218 g/mol. The maximum absolute atomic E-state index is 11.9.